The zero-order valence-corrected chi connectivity index (χ0v) is 15.8. The van der Waals surface area contributed by atoms with Gasteiger partial charge in [-0.3, -0.25) is 4.79 Å². The lowest BCUT2D eigenvalue weighted by molar-refractivity contribution is -0.140. The third kappa shape index (κ3) is 5.74. The van der Waals surface area contributed by atoms with E-state index in [1.54, 1.807) is 32.0 Å². The molecule has 1 rings (SSSR count). The van der Waals surface area contributed by atoms with E-state index in [1.807, 2.05) is 13.8 Å². The van der Waals surface area contributed by atoms with Crippen LogP contribution in [0.5, 0.6) is 5.75 Å². The standard InChI is InChI=1S/C19H29NO5/c1-6-11-19(4,25-12-7-2)18(22)20-14-9-10-16(23-5)15(13-14)17(21)24-8-3/h9-10,13H,6-8,11-12H2,1-5H3,(H,20,22). The van der Waals surface area contributed by atoms with Gasteiger partial charge in [-0.1, -0.05) is 20.3 Å². The molecule has 0 fully saturated rings. The highest BCUT2D eigenvalue weighted by atomic mass is 16.5. The van der Waals surface area contributed by atoms with Gasteiger partial charge in [0.25, 0.3) is 5.91 Å². The number of methoxy groups -OCH3 is 1. The van der Waals surface area contributed by atoms with Crippen molar-refractivity contribution in [2.45, 2.75) is 52.6 Å². The van der Waals surface area contributed by atoms with Gasteiger partial charge in [-0.25, -0.2) is 4.79 Å². The Bertz CT molecular complexity index is 587. The van der Waals surface area contributed by atoms with Gasteiger partial charge in [-0.05, 0) is 44.9 Å². The van der Waals surface area contributed by atoms with Gasteiger partial charge >= 0.3 is 5.97 Å². The minimum Gasteiger partial charge on any atom is -0.496 e. The Morgan fingerprint density at radius 1 is 1.16 bits per heavy atom. The van der Waals surface area contributed by atoms with E-state index in [-0.39, 0.29) is 18.1 Å². The van der Waals surface area contributed by atoms with Crippen molar-refractivity contribution < 1.29 is 23.8 Å². The maximum atomic E-state index is 12.7. The third-order valence-electron chi connectivity index (χ3n) is 3.78. The fourth-order valence-electron chi connectivity index (χ4n) is 2.47. The molecule has 1 unspecified atom stereocenters. The summed E-state index contributed by atoms with van der Waals surface area (Å²) in [5, 5.41) is 2.84. The number of ether oxygens (including phenoxy) is 3. The Kier molecular flexibility index (Phi) is 8.41. The van der Waals surface area contributed by atoms with Crippen LogP contribution in [0.4, 0.5) is 5.69 Å². The van der Waals surface area contributed by atoms with Crippen LogP contribution in [0.15, 0.2) is 18.2 Å². The predicted octanol–water partition coefficient (Wildman–Crippen LogP) is 3.80. The zero-order chi connectivity index (χ0) is 18.9. The van der Waals surface area contributed by atoms with E-state index in [4.69, 9.17) is 14.2 Å². The molecule has 0 bridgehead atoms. The van der Waals surface area contributed by atoms with Crippen molar-refractivity contribution in [3.05, 3.63) is 23.8 Å². The van der Waals surface area contributed by atoms with E-state index in [2.05, 4.69) is 5.32 Å². The van der Waals surface area contributed by atoms with Crippen molar-refractivity contribution in [3.63, 3.8) is 0 Å². The van der Waals surface area contributed by atoms with Crippen molar-refractivity contribution in [1.82, 2.24) is 0 Å². The quantitative estimate of drug-likeness (QED) is 0.649. The first-order chi connectivity index (χ1) is 11.9. The van der Waals surface area contributed by atoms with E-state index in [9.17, 15) is 9.59 Å². The van der Waals surface area contributed by atoms with E-state index < -0.39 is 11.6 Å². The number of nitrogens with one attached hydrogen (secondary N) is 1. The van der Waals surface area contributed by atoms with Gasteiger partial charge in [0, 0.05) is 12.3 Å². The van der Waals surface area contributed by atoms with Crippen LogP contribution in [0, 0.1) is 0 Å². The second-order valence-electron chi connectivity index (χ2n) is 5.92. The molecular weight excluding hydrogens is 322 g/mol. The number of hydrogen-bond acceptors (Lipinski definition) is 5. The molecule has 0 radical (unpaired) electrons. The molecular formula is C19H29NO5. The summed E-state index contributed by atoms with van der Waals surface area (Å²) in [4.78, 5) is 24.8. The largest absolute Gasteiger partial charge is 0.496 e. The molecule has 0 aliphatic carbocycles. The summed E-state index contributed by atoms with van der Waals surface area (Å²) in [5.74, 6) is -0.327. The molecule has 6 nitrogen and oxygen atoms in total. The topological polar surface area (TPSA) is 73.9 Å². The lowest BCUT2D eigenvalue weighted by atomic mass is 9.98. The molecule has 0 saturated carbocycles. The Balaban J connectivity index is 3.02. The van der Waals surface area contributed by atoms with E-state index in [1.165, 1.54) is 7.11 Å². The summed E-state index contributed by atoms with van der Waals surface area (Å²) in [6.07, 6.45) is 2.27. The fourth-order valence-corrected chi connectivity index (χ4v) is 2.47. The SMILES string of the molecule is CCCOC(C)(CCC)C(=O)Nc1ccc(OC)c(C(=O)OCC)c1. The molecule has 0 aromatic heterocycles. The van der Waals surface area contributed by atoms with Crippen LogP contribution < -0.4 is 10.1 Å². The minimum atomic E-state index is -0.908. The highest BCUT2D eigenvalue weighted by Crippen LogP contribution is 2.26. The number of amides is 1. The van der Waals surface area contributed by atoms with Gasteiger partial charge in [0.1, 0.15) is 16.9 Å². The molecule has 1 aromatic carbocycles. The molecule has 1 aromatic rings. The van der Waals surface area contributed by atoms with Crippen molar-refractivity contribution in [2.24, 2.45) is 0 Å². The minimum absolute atomic E-state index is 0.234. The van der Waals surface area contributed by atoms with Crippen molar-refractivity contribution in [3.8, 4) is 5.75 Å². The van der Waals surface area contributed by atoms with Gasteiger partial charge in [0.15, 0.2) is 0 Å². The van der Waals surface area contributed by atoms with Crippen LogP contribution in [0.1, 0.15) is 57.3 Å². The summed E-state index contributed by atoms with van der Waals surface area (Å²) < 4.78 is 16.0. The Morgan fingerprint density at radius 3 is 2.44 bits per heavy atom. The van der Waals surface area contributed by atoms with E-state index in [0.717, 1.165) is 12.8 Å². The monoisotopic (exact) mass is 351 g/mol. The summed E-state index contributed by atoms with van der Waals surface area (Å²) >= 11 is 0. The number of rotatable bonds is 10. The molecule has 0 spiro atoms. The molecule has 0 saturated heterocycles. The molecule has 25 heavy (non-hydrogen) atoms. The van der Waals surface area contributed by atoms with Crippen molar-refractivity contribution in [1.29, 1.82) is 0 Å². The summed E-state index contributed by atoms with van der Waals surface area (Å²) in [7, 11) is 1.48. The Labute approximate surface area is 149 Å². The van der Waals surface area contributed by atoms with Crippen molar-refractivity contribution >= 4 is 17.6 Å². The van der Waals surface area contributed by atoms with E-state index in [0.29, 0.717) is 24.5 Å². The van der Waals surface area contributed by atoms with Crippen LogP contribution in [-0.2, 0) is 14.3 Å². The van der Waals surface area contributed by atoms with Gasteiger partial charge in [-0.2, -0.15) is 0 Å². The second-order valence-corrected chi connectivity index (χ2v) is 5.92. The molecule has 6 heteroatoms. The average molecular weight is 351 g/mol. The van der Waals surface area contributed by atoms with Crippen LogP contribution in [-0.4, -0.2) is 37.8 Å². The second kappa shape index (κ2) is 10.0. The van der Waals surface area contributed by atoms with E-state index >= 15 is 0 Å². The number of benzene rings is 1. The van der Waals surface area contributed by atoms with Crippen LogP contribution in [0.2, 0.25) is 0 Å². The predicted molar refractivity (Wildman–Crippen MR) is 97.1 cm³/mol. The maximum Gasteiger partial charge on any atom is 0.341 e. The van der Waals surface area contributed by atoms with Crippen molar-refractivity contribution in [2.75, 3.05) is 25.6 Å². The van der Waals surface area contributed by atoms with Crippen LogP contribution in [0.25, 0.3) is 0 Å². The molecule has 1 amide bonds. The first-order valence-corrected chi connectivity index (χ1v) is 8.72. The van der Waals surface area contributed by atoms with Gasteiger partial charge < -0.3 is 19.5 Å². The lowest BCUT2D eigenvalue weighted by Crippen LogP contribution is -2.43. The third-order valence-corrected chi connectivity index (χ3v) is 3.78. The average Bonchev–Trinajstić information content (AvgIpc) is 2.60. The number of hydrogen-bond donors (Lipinski definition) is 1. The van der Waals surface area contributed by atoms with Crippen LogP contribution in [0.3, 0.4) is 0 Å². The molecule has 1 atom stereocenters. The van der Waals surface area contributed by atoms with Gasteiger partial charge in [0.2, 0.25) is 0 Å². The number of carbonyl (C=O) groups is 2. The summed E-state index contributed by atoms with van der Waals surface area (Å²) in [6.45, 7) is 8.31. The molecule has 0 heterocycles. The fraction of sp³-hybridized carbons (Fsp3) is 0.579. The molecule has 140 valence electrons. The smallest absolute Gasteiger partial charge is 0.341 e. The number of esters is 1. The first-order valence-electron chi connectivity index (χ1n) is 8.72. The van der Waals surface area contributed by atoms with Crippen LogP contribution >= 0.6 is 0 Å². The van der Waals surface area contributed by atoms with Gasteiger partial charge in [-0.15, -0.1) is 0 Å². The Morgan fingerprint density at radius 2 is 1.88 bits per heavy atom. The zero-order valence-electron chi connectivity index (χ0n) is 15.8. The highest BCUT2D eigenvalue weighted by Gasteiger charge is 2.33. The first kappa shape index (κ1) is 21.0. The normalized spacial score (nSPS) is 13.0. The molecule has 0 aliphatic heterocycles. The number of carbonyl (C=O) groups excluding carboxylic acids is 2. The Hall–Kier alpha value is -2.08. The molecule has 0 aliphatic rings. The number of anilines is 1. The summed E-state index contributed by atoms with van der Waals surface area (Å²) in [5.41, 5.74) is -0.139. The van der Waals surface area contributed by atoms with Gasteiger partial charge in [0.05, 0.1) is 13.7 Å². The molecule has 1 N–H and O–H groups in total. The summed E-state index contributed by atoms with van der Waals surface area (Å²) in [6, 6.07) is 4.87. The lowest BCUT2D eigenvalue weighted by Gasteiger charge is -2.28. The highest BCUT2D eigenvalue weighted by molar-refractivity contribution is 5.99. The maximum absolute atomic E-state index is 12.7.